The Labute approximate surface area is 125 Å². The number of amides is 1. The van der Waals surface area contributed by atoms with Crippen molar-refractivity contribution in [1.82, 2.24) is 0 Å². The van der Waals surface area contributed by atoms with Crippen LogP contribution in [0.3, 0.4) is 0 Å². The number of ether oxygens (including phenoxy) is 2. The van der Waals surface area contributed by atoms with E-state index in [0.717, 1.165) is 18.6 Å². The molecule has 0 radical (unpaired) electrons. The molecule has 1 rings (SSSR count). The third-order valence-corrected chi connectivity index (χ3v) is 2.92. The van der Waals surface area contributed by atoms with Crippen LogP contribution in [0.15, 0.2) is 24.3 Å². The van der Waals surface area contributed by atoms with Crippen molar-refractivity contribution in [3.05, 3.63) is 24.3 Å². The van der Waals surface area contributed by atoms with Crippen LogP contribution >= 0.6 is 0 Å². The van der Waals surface area contributed by atoms with Crippen LogP contribution in [0.4, 0.5) is 5.69 Å². The predicted octanol–water partition coefficient (Wildman–Crippen LogP) is 3.00. The van der Waals surface area contributed by atoms with Gasteiger partial charge in [0.05, 0.1) is 12.5 Å². The zero-order valence-electron chi connectivity index (χ0n) is 12.8. The SMILES string of the molecule is CCC[C@H](C)C(=O)OCC(=O)Nc1ccc(OCC)cc1. The predicted molar refractivity (Wildman–Crippen MR) is 81.3 cm³/mol. The standard InChI is InChI=1S/C16H23NO4/c1-4-6-12(3)16(19)21-11-15(18)17-13-7-9-14(10-8-13)20-5-2/h7-10,12H,4-6,11H2,1-3H3,(H,17,18)/t12-/m0/s1. The van der Waals surface area contributed by atoms with Gasteiger partial charge in [0, 0.05) is 5.69 Å². The summed E-state index contributed by atoms with van der Waals surface area (Å²) in [7, 11) is 0. The molecule has 0 heterocycles. The summed E-state index contributed by atoms with van der Waals surface area (Å²) in [6, 6.07) is 7.03. The summed E-state index contributed by atoms with van der Waals surface area (Å²) in [4.78, 5) is 23.3. The number of anilines is 1. The molecule has 1 atom stereocenters. The first-order chi connectivity index (χ1) is 10.1. The van der Waals surface area contributed by atoms with Crippen molar-refractivity contribution in [2.24, 2.45) is 5.92 Å². The maximum Gasteiger partial charge on any atom is 0.309 e. The molecule has 1 aromatic carbocycles. The van der Waals surface area contributed by atoms with Crippen LogP contribution in [0.5, 0.6) is 5.75 Å². The zero-order chi connectivity index (χ0) is 15.7. The molecule has 1 N–H and O–H groups in total. The summed E-state index contributed by atoms with van der Waals surface area (Å²) in [5, 5.41) is 2.67. The molecule has 0 unspecified atom stereocenters. The van der Waals surface area contributed by atoms with Gasteiger partial charge in [0.15, 0.2) is 6.61 Å². The highest BCUT2D eigenvalue weighted by molar-refractivity contribution is 5.92. The lowest BCUT2D eigenvalue weighted by atomic mass is 10.1. The average Bonchev–Trinajstić information content (AvgIpc) is 2.47. The van der Waals surface area contributed by atoms with Gasteiger partial charge in [0.25, 0.3) is 5.91 Å². The normalized spacial score (nSPS) is 11.6. The lowest BCUT2D eigenvalue weighted by Gasteiger charge is -2.11. The average molecular weight is 293 g/mol. The number of hydrogen-bond donors (Lipinski definition) is 1. The van der Waals surface area contributed by atoms with Crippen LogP contribution in [-0.4, -0.2) is 25.1 Å². The van der Waals surface area contributed by atoms with E-state index in [4.69, 9.17) is 9.47 Å². The van der Waals surface area contributed by atoms with E-state index in [1.165, 1.54) is 0 Å². The minimum atomic E-state index is -0.351. The molecule has 0 saturated carbocycles. The van der Waals surface area contributed by atoms with Gasteiger partial charge in [-0.05, 0) is 37.6 Å². The molecule has 116 valence electrons. The highest BCUT2D eigenvalue weighted by Gasteiger charge is 2.14. The number of nitrogens with one attached hydrogen (secondary N) is 1. The van der Waals surface area contributed by atoms with Gasteiger partial charge in [-0.25, -0.2) is 0 Å². The zero-order valence-corrected chi connectivity index (χ0v) is 12.8. The maximum absolute atomic E-state index is 11.7. The van der Waals surface area contributed by atoms with E-state index >= 15 is 0 Å². The van der Waals surface area contributed by atoms with Crippen molar-refractivity contribution in [2.75, 3.05) is 18.5 Å². The molecule has 0 fully saturated rings. The van der Waals surface area contributed by atoms with Crippen molar-refractivity contribution in [3.8, 4) is 5.75 Å². The van der Waals surface area contributed by atoms with Gasteiger partial charge in [-0.1, -0.05) is 20.3 Å². The van der Waals surface area contributed by atoms with Gasteiger partial charge in [-0.2, -0.15) is 0 Å². The monoisotopic (exact) mass is 293 g/mol. The molecule has 5 heteroatoms. The molecular weight excluding hydrogens is 270 g/mol. The Morgan fingerprint density at radius 3 is 2.43 bits per heavy atom. The third kappa shape index (κ3) is 6.29. The van der Waals surface area contributed by atoms with Crippen molar-refractivity contribution in [3.63, 3.8) is 0 Å². The molecule has 0 aromatic heterocycles. The van der Waals surface area contributed by atoms with E-state index in [-0.39, 0.29) is 24.4 Å². The largest absolute Gasteiger partial charge is 0.494 e. The maximum atomic E-state index is 11.7. The van der Waals surface area contributed by atoms with Gasteiger partial charge in [0.2, 0.25) is 0 Å². The molecule has 0 aliphatic heterocycles. The first-order valence-electron chi connectivity index (χ1n) is 7.26. The van der Waals surface area contributed by atoms with E-state index in [9.17, 15) is 9.59 Å². The lowest BCUT2D eigenvalue weighted by molar-refractivity contribution is -0.151. The molecular formula is C16H23NO4. The van der Waals surface area contributed by atoms with Gasteiger partial charge < -0.3 is 14.8 Å². The second-order valence-corrected chi connectivity index (χ2v) is 4.80. The van der Waals surface area contributed by atoms with Gasteiger partial charge in [-0.15, -0.1) is 0 Å². The van der Waals surface area contributed by atoms with Crippen molar-refractivity contribution in [1.29, 1.82) is 0 Å². The molecule has 0 saturated heterocycles. The summed E-state index contributed by atoms with van der Waals surface area (Å²) in [5.74, 6) is -0.113. The summed E-state index contributed by atoms with van der Waals surface area (Å²) in [5.41, 5.74) is 0.640. The Kier molecular flexibility index (Phi) is 7.29. The number of rotatable bonds is 8. The van der Waals surface area contributed by atoms with Crippen LogP contribution in [0.25, 0.3) is 0 Å². The van der Waals surface area contributed by atoms with Crippen LogP contribution in [-0.2, 0) is 14.3 Å². The van der Waals surface area contributed by atoms with Crippen LogP contribution in [0.2, 0.25) is 0 Å². The van der Waals surface area contributed by atoms with E-state index in [1.54, 1.807) is 31.2 Å². The third-order valence-electron chi connectivity index (χ3n) is 2.92. The van der Waals surface area contributed by atoms with Crippen molar-refractivity contribution < 1.29 is 19.1 Å². The molecule has 0 bridgehead atoms. The number of carbonyl (C=O) groups excluding carboxylic acids is 2. The van der Waals surface area contributed by atoms with Crippen LogP contribution in [0, 0.1) is 5.92 Å². The summed E-state index contributed by atoms with van der Waals surface area (Å²) in [6.07, 6.45) is 1.67. The second kappa shape index (κ2) is 9.00. The molecule has 0 spiro atoms. The quantitative estimate of drug-likeness (QED) is 0.748. The fourth-order valence-electron chi connectivity index (χ4n) is 1.83. The Morgan fingerprint density at radius 1 is 1.19 bits per heavy atom. The first kappa shape index (κ1) is 17.0. The molecule has 1 amide bonds. The summed E-state index contributed by atoms with van der Waals surface area (Å²) in [6.45, 7) is 6.04. The topological polar surface area (TPSA) is 64.6 Å². The van der Waals surface area contributed by atoms with Gasteiger partial charge in [0.1, 0.15) is 5.75 Å². The number of benzene rings is 1. The Hall–Kier alpha value is -2.04. The van der Waals surface area contributed by atoms with Crippen LogP contribution in [0.1, 0.15) is 33.6 Å². The second-order valence-electron chi connectivity index (χ2n) is 4.80. The molecule has 0 aliphatic rings. The van der Waals surface area contributed by atoms with Gasteiger partial charge in [-0.3, -0.25) is 9.59 Å². The fraction of sp³-hybridized carbons (Fsp3) is 0.500. The molecule has 5 nitrogen and oxygen atoms in total. The minimum absolute atomic E-state index is 0.173. The smallest absolute Gasteiger partial charge is 0.309 e. The van der Waals surface area contributed by atoms with Crippen LogP contribution < -0.4 is 10.1 Å². The Morgan fingerprint density at radius 2 is 1.86 bits per heavy atom. The summed E-state index contributed by atoms with van der Waals surface area (Å²) < 4.78 is 10.3. The number of carbonyl (C=O) groups is 2. The van der Waals surface area contributed by atoms with E-state index in [0.29, 0.717) is 12.3 Å². The minimum Gasteiger partial charge on any atom is -0.494 e. The van der Waals surface area contributed by atoms with E-state index < -0.39 is 0 Å². The fourth-order valence-corrected chi connectivity index (χ4v) is 1.83. The van der Waals surface area contributed by atoms with E-state index in [2.05, 4.69) is 5.32 Å². The number of esters is 1. The van der Waals surface area contributed by atoms with Gasteiger partial charge >= 0.3 is 5.97 Å². The number of hydrogen-bond acceptors (Lipinski definition) is 4. The molecule has 0 aliphatic carbocycles. The lowest BCUT2D eigenvalue weighted by Crippen LogP contribution is -2.23. The highest BCUT2D eigenvalue weighted by Crippen LogP contribution is 2.15. The van der Waals surface area contributed by atoms with E-state index in [1.807, 2.05) is 13.8 Å². The highest BCUT2D eigenvalue weighted by atomic mass is 16.5. The first-order valence-corrected chi connectivity index (χ1v) is 7.26. The Balaban J connectivity index is 2.38. The van der Waals surface area contributed by atoms with Crippen molar-refractivity contribution >= 4 is 17.6 Å². The molecule has 1 aromatic rings. The summed E-state index contributed by atoms with van der Waals surface area (Å²) >= 11 is 0. The Bertz CT molecular complexity index is 456. The molecule has 21 heavy (non-hydrogen) atoms. The van der Waals surface area contributed by atoms with Crippen molar-refractivity contribution in [2.45, 2.75) is 33.6 Å².